The molecule has 0 N–H and O–H groups in total. The van der Waals surface area contributed by atoms with Gasteiger partial charge in [-0.2, -0.15) is 0 Å². The Hall–Kier alpha value is -2.42. The van der Waals surface area contributed by atoms with E-state index in [1.807, 2.05) is 0 Å². The third-order valence-electron chi connectivity index (χ3n) is 4.08. The number of pyridine rings is 2. The van der Waals surface area contributed by atoms with E-state index < -0.39 is 32.6 Å². The van der Waals surface area contributed by atoms with Gasteiger partial charge in [0.15, 0.2) is 15.7 Å². The summed E-state index contributed by atoms with van der Waals surface area (Å²) in [7, 11) is -2.05. The summed E-state index contributed by atoms with van der Waals surface area (Å²) in [6, 6.07) is 2.25. The van der Waals surface area contributed by atoms with Crippen LogP contribution in [0.3, 0.4) is 0 Å². The summed E-state index contributed by atoms with van der Waals surface area (Å²) < 4.78 is 44.9. The fraction of sp³-hybridized carbons (Fsp3) is 0.412. The highest BCUT2D eigenvalue weighted by Gasteiger charge is 2.23. The van der Waals surface area contributed by atoms with E-state index in [1.54, 1.807) is 0 Å². The molecule has 3 rings (SSSR count). The standard InChI is InChI=1S/C17H19FN2O5S/c1-19-7-12(5-14(18)17(19)22)13-8-20(10-26(2,23)24)16(21)6-15(13)25-9-11-3-4-11/h5-8,11H,3-4,9-10H2,1-2H3. The molecule has 0 bridgehead atoms. The SMILES string of the molecule is Cn1cc(-c2cn(CS(C)(=O)=O)c(=O)cc2OCC2CC2)cc(F)c1=O. The maximum absolute atomic E-state index is 13.9. The summed E-state index contributed by atoms with van der Waals surface area (Å²) in [6.45, 7) is 0.427. The van der Waals surface area contributed by atoms with Crippen LogP contribution in [0.1, 0.15) is 12.8 Å². The highest BCUT2D eigenvalue weighted by molar-refractivity contribution is 7.89. The number of sulfone groups is 1. The van der Waals surface area contributed by atoms with Crippen LogP contribution in [0.15, 0.2) is 34.1 Å². The Kier molecular flexibility index (Phi) is 4.74. The molecule has 1 aliphatic carbocycles. The predicted octanol–water partition coefficient (Wildman–Crippen LogP) is 1.14. The lowest BCUT2D eigenvalue weighted by Gasteiger charge is -2.15. The second-order valence-electron chi connectivity index (χ2n) is 6.66. The molecule has 0 spiro atoms. The molecule has 0 amide bonds. The van der Waals surface area contributed by atoms with Crippen LogP contribution in [-0.4, -0.2) is 30.4 Å². The van der Waals surface area contributed by atoms with E-state index in [0.29, 0.717) is 23.7 Å². The Balaban J connectivity index is 2.13. The number of halogens is 1. The van der Waals surface area contributed by atoms with Crippen LogP contribution in [0.5, 0.6) is 5.75 Å². The highest BCUT2D eigenvalue weighted by Crippen LogP contribution is 2.33. The Bertz CT molecular complexity index is 1040. The van der Waals surface area contributed by atoms with E-state index in [-0.39, 0.29) is 5.75 Å². The maximum atomic E-state index is 13.9. The summed E-state index contributed by atoms with van der Waals surface area (Å²) in [5.41, 5.74) is -0.644. The summed E-state index contributed by atoms with van der Waals surface area (Å²) >= 11 is 0. The van der Waals surface area contributed by atoms with Crippen molar-refractivity contribution in [2.45, 2.75) is 18.7 Å². The van der Waals surface area contributed by atoms with Crippen molar-refractivity contribution in [3.63, 3.8) is 0 Å². The van der Waals surface area contributed by atoms with Crippen molar-refractivity contribution in [1.82, 2.24) is 9.13 Å². The van der Waals surface area contributed by atoms with Gasteiger partial charge in [-0.25, -0.2) is 12.8 Å². The number of hydrogen-bond acceptors (Lipinski definition) is 5. The molecular weight excluding hydrogens is 363 g/mol. The van der Waals surface area contributed by atoms with E-state index in [2.05, 4.69) is 0 Å². The molecule has 0 aliphatic heterocycles. The fourth-order valence-electron chi connectivity index (χ4n) is 2.56. The van der Waals surface area contributed by atoms with Gasteiger partial charge < -0.3 is 9.30 Å². The zero-order chi connectivity index (χ0) is 19.1. The fourth-order valence-corrected chi connectivity index (χ4v) is 3.26. The molecule has 7 nitrogen and oxygen atoms in total. The van der Waals surface area contributed by atoms with Gasteiger partial charge in [0.25, 0.3) is 11.1 Å². The van der Waals surface area contributed by atoms with Crippen LogP contribution in [-0.2, 0) is 22.8 Å². The minimum atomic E-state index is -3.46. The van der Waals surface area contributed by atoms with Gasteiger partial charge in [0, 0.05) is 42.9 Å². The van der Waals surface area contributed by atoms with Gasteiger partial charge in [-0.3, -0.25) is 14.2 Å². The summed E-state index contributed by atoms with van der Waals surface area (Å²) in [5, 5.41) is 0. The van der Waals surface area contributed by atoms with Crippen LogP contribution >= 0.6 is 0 Å². The van der Waals surface area contributed by atoms with Gasteiger partial charge >= 0.3 is 0 Å². The molecule has 140 valence electrons. The molecule has 0 saturated heterocycles. The molecule has 1 aliphatic rings. The van der Waals surface area contributed by atoms with Gasteiger partial charge in [0.2, 0.25) is 0 Å². The first-order chi connectivity index (χ1) is 12.1. The molecule has 2 aromatic rings. The highest BCUT2D eigenvalue weighted by atomic mass is 32.2. The lowest BCUT2D eigenvalue weighted by atomic mass is 10.1. The van der Waals surface area contributed by atoms with Gasteiger partial charge in [-0.1, -0.05) is 0 Å². The van der Waals surface area contributed by atoms with E-state index >= 15 is 0 Å². The van der Waals surface area contributed by atoms with Gasteiger partial charge in [0.1, 0.15) is 11.6 Å². The predicted molar refractivity (Wildman–Crippen MR) is 94.4 cm³/mol. The third kappa shape index (κ3) is 4.21. The summed E-state index contributed by atoms with van der Waals surface area (Å²) in [5.74, 6) is -0.780. The van der Waals surface area contributed by atoms with E-state index in [9.17, 15) is 22.4 Å². The first-order valence-corrected chi connectivity index (χ1v) is 10.1. The van der Waals surface area contributed by atoms with Gasteiger partial charge in [-0.15, -0.1) is 0 Å². The number of rotatable bonds is 6. The van der Waals surface area contributed by atoms with Crippen LogP contribution in [0.2, 0.25) is 0 Å². The number of ether oxygens (including phenoxy) is 1. The van der Waals surface area contributed by atoms with Crippen LogP contribution in [0, 0.1) is 11.7 Å². The number of hydrogen-bond donors (Lipinski definition) is 0. The molecule has 9 heteroatoms. The van der Waals surface area contributed by atoms with Crippen LogP contribution < -0.4 is 15.9 Å². The van der Waals surface area contributed by atoms with Crippen molar-refractivity contribution < 1.29 is 17.5 Å². The molecule has 0 aromatic carbocycles. The Morgan fingerprint density at radius 2 is 1.92 bits per heavy atom. The molecule has 1 fully saturated rings. The van der Waals surface area contributed by atoms with E-state index in [0.717, 1.165) is 34.3 Å². The Labute approximate surface area is 149 Å². The number of nitrogens with zero attached hydrogens (tertiary/aromatic N) is 2. The zero-order valence-electron chi connectivity index (χ0n) is 14.4. The molecule has 2 heterocycles. The average molecular weight is 382 g/mol. The lowest BCUT2D eigenvalue weighted by molar-refractivity contribution is 0.300. The lowest BCUT2D eigenvalue weighted by Crippen LogP contribution is -2.24. The molecular formula is C17H19FN2O5S. The van der Waals surface area contributed by atoms with Gasteiger partial charge in [0.05, 0.1) is 6.61 Å². The van der Waals surface area contributed by atoms with Crippen molar-refractivity contribution in [3.8, 4) is 16.9 Å². The minimum Gasteiger partial charge on any atom is -0.492 e. The zero-order valence-corrected chi connectivity index (χ0v) is 15.3. The summed E-state index contributed by atoms with van der Waals surface area (Å²) in [4.78, 5) is 23.8. The van der Waals surface area contributed by atoms with Crippen molar-refractivity contribution in [3.05, 3.63) is 51.1 Å². The molecule has 26 heavy (non-hydrogen) atoms. The maximum Gasteiger partial charge on any atom is 0.286 e. The van der Waals surface area contributed by atoms with Crippen LogP contribution in [0.4, 0.5) is 4.39 Å². The van der Waals surface area contributed by atoms with E-state index in [4.69, 9.17) is 4.74 Å². The second-order valence-corrected chi connectivity index (χ2v) is 8.77. The molecule has 1 saturated carbocycles. The smallest absolute Gasteiger partial charge is 0.286 e. The topological polar surface area (TPSA) is 87.4 Å². The number of aromatic nitrogens is 2. The second kappa shape index (κ2) is 6.71. The summed E-state index contributed by atoms with van der Waals surface area (Å²) in [6.07, 6.45) is 5.86. The Morgan fingerprint density at radius 1 is 1.23 bits per heavy atom. The van der Waals surface area contributed by atoms with Gasteiger partial charge in [-0.05, 0) is 24.8 Å². The minimum absolute atomic E-state index is 0.240. The first kappa shape index (κ1) is 18.4. The Morgan fingerprint density at radius 3 is 2.50 bits per heavy atom. The van der Waals surface area contributed by atoms with Crippen molar-refractivity contribution >= 4 is 9.84 Å². The molecule has 0 unspecified atom stereocenters. The van der Waals surface area contributed by atoms with Crippen molar-refractivity contribution in [2.75, 3.05) is 12.9 Å². The van der Waals surface area contributed by atoms with E-state index in [1.165, 1.54) is 25.5 Å². The normalized spacial score (nSPS) is 14.4. The van der Waals surface area contributed by atoms with Crippen molar-refractivity contribution in [1.29, 1.82) is 0 Å². The monoisotopic (exact) mass is 382 g/mol. The van der Waals surface area contributed by atoms with Crippen LogP contribution in [0.25, 0.3) is 11.1 Å². The van der Waals surface area contributed by atoms with Crippen molar-refractivity contribution in [2.24, 2.45) is 13.0 Å². The first-order valence-electron chi connectivity index (χ1n) is 8.05. The largest absolute Gasteiger partial charge is 0.492 e. The quantitative estimate of drug-likeness (QED) is 0.748. The molecule has 0 atom stereocenters. The third-order valence-corrected chi connectivity index (χ3v) is 4.83. The molecule has 2 aromatic heterocycles. The molecule has 0 radical (unpaired) electrons. The number of aryl methyl sites for hydroxylation is 1. The average Bonchev–Trinajstić information content (AvgIpc) is 3.35.